The van der Waals surface area contributed by atoms with Crippen LogP contribution in [0.2, 0.25) is 0 Å². The Morgan fingerprint density at radius 1 is 1.15 bits per heavy atom. The quantitative estimate of drug-likeness (QED) is 0.399. The van der Waals surface area contributed by atoms with Crippen molar-refractivity contribution in [2.24, 2.45) is 0 Å². The minimum absolute atomic E-state index is 0. The second kappa shape index (κ2) is 6.79. The Hall–Kier alpha value is -1.70. The van der Waals surface area contributed by atoms with Crippen molar-refractivity contribution in [3.05, 3.63) is 34.1 Å². The van der Waals surface area contributed by atoms with Crippen LogP contribution in [0, 0.1) is 0 Å². The maximum Gasteiger partial charge on any atom is 1.00 e. The van der Waals surface area contributed by atoms with Crippen molar-refractivity contribution in [2.75, 3.05) is 18.1 Å². The number of aromatic nitrogens is 1. The van der Waals surface area contributed by atoms with Crippen LogP contribution in [0.1, 0.15) is 5.56 Å². The van der Waals surface area contributed by atoms with Gasteiger partial charge in [0.15, 0.2) is 0 Å². The van der Waals surface area contributed by atoms with Gasteiger partial charge in [0.2, 0.25) is 0 Å². The molecule has 0 N–H and O–H groups in total. The number of anilines is 1. The molecule has 0 bridgehead atoms. The summed E-state index contributed by atoms with van der Waals surface area (Å²) >= 11 is 4.83. The van der Waals surface area contributed by atoms with Crippen molar-refractivity contribution in [2.45, 2.75) is 12.4 Å². The van der Waals surface area contributed by atoms with Gasteiger partial charge < -0.3 is 19.4 Å². The molecule has 2 aromatic rings. The van der Waals surface area contributed by atoms with E-state index in [2.05, 4.69) is 4.98 Å². The third-order valence-electron chi connectivity index (χ3n) is 3.45. The Balaban J connectivity index is 0.00000243. The maximum absolute atomic E-state index is 13.2. The second-order valence-corrected chi connectivity index (χ2v) is 5.70. The molecule has 0 aliphatic carbocycles. The van der Waals surface area contributed by atoms with E-state index >= 15 is 0 Å². The summed E-state index contributed by atoms with van der Waals surface area (Å²) < 4.78 is 83.0. The molecule has 0 atom stereocenters. The zero-order valence-corrected chi connectivity index (χ0v) is 13.8. The van der Waals surface area contributed by atoms with Gasteiger partial charge in [0.05, 0.1) is 16.8 Å². The molecule has 0 amide bonds. The van der Waals surface area contributed by atoms with Crippen LogP contribution < -0.4 is 39.0 Å². The Morgan fingerprint density at radius 2 is 1.81 bits per heavy atom. The molecular formula is C14H7F6LiN2O2S. The SMILES string of the molecule is O=c1cc(C(F)(F)F)c2cc3c(cc2[n-]1)OCC(=S)N3CC(F)(F)F.[Li+]. The summed E-state index contributed by atoms with van der Waals surface area (Å²) in [5, 5.41) is -0.508. The fourth-order valence-corrected chi connectivity index (χ4v) is 2.71. The van der Waals surface area contributed by atoms with E-state index in [1.54, 1.807) is 0 Å². The predicted octanol–water partition coefficient (Wildman–Crippen LogP) is 0.269. The molecule has 0 fully saturated rings. The van der Waals surface area contributed by atoms with E-state index in [4.69, 9.17) is 17.0 Å². The average molecular weight is 388 g/mol. The molecule has 1 aliphatic heterocycles. The Kier molecular flexibility index (Phi) is 5.38. The number of nitrogens with zero attached hydrogens (tertiary/aromatic N) is 2. The molecule has 0 radical (unpaired) electrons. The molecule has 4 nitrogen and oxygen atoms in total. The number of alkyl halides is 6. The maximum atomic E-state index is 13.2. The van der Waals surface area contributed by atoms with Crippen molar-refractivity contribution in [1.82, 2.24) is 4.98 Å². The van der Waals surface area contributed by atoms with Crippen molar-refractivity contribution in [1.29, 1.82) is 0 Å². The number of pyridine rings is 1. The number of thiocarbonyl (C=S) groups is 1. The van der Waals surface area contributed by atoms with E-state index in [1.807, 2.05) is 0 Å². The van der Waals surface area contributed by atoms with E-state index < -0.39 is 35.4 Å². The van der Waals surface area contributed by atoms with Crippen molar-refractivity contribution >= 4 is 33.8 Å². The molecule has 2 heterocycles. The van der Waals surface area contributed by atoms with Gasteiger partial charge in [0.25, 0.3) is 0 Å². The van der Waals surface area contributed by atoms with E-state index in [0.717, 1.165) is 12.1 Å². The summed E-state index contributed by atoms with van der Waals surface area (Å²) in [7, 11) is 0. The molecule has 26 heavy (non-hydrogen) atoms. The van der Waals surface area contributed by atoms with Crippen molar-refractivity contribution in [3.63, 3.8) is 0 Å². The second-order valence-electron chi connectivity index (χ2n) is 5.23. The molecule has 3 rings (SSSR count). The molecular weight excluding hydrogens is 381 g/mol. The summed E-state index contributed by atoms with van der Waals surface area (Å²) in [6.45, 7) is -1.81. The molecule has 0 saturated carbocycles. The van der Waals surface area contributed by atoms with Crippen LogP contribution in [0.4, 0.5) is 32.0 Å². The van der Waals surface area contributed by atoms with Crippen molar-refractivity contribution in [3.8, 4) is 5.75 Å². The fourth-order valence-electron chi connectivity index (χ4n) is 2.48. The zero-order valence-electron chi connectivity index (χ0n) is 13.0. The minimum Gasteiger partial charge on any atom is -0.623 e. The van der Waals surface area contributed by atoms with E-state index in [9.17, 15) is 31.1 Å². The van der Waals surface area contributed by atoms with Gasteiger partial charge in [-0.05, 0) is 23.6 Å². The standard InChI is InChI=1S/C14H8F6N2O2S.Li/c15-13(16,17)5-22-9-1-6-7(14(18,19)20)2-11(23)21-8(6)3-10(9)24-4-12(22)25;/h1-3H,4-5H2,(H,21,23);/q;+1/p-1. The monoisotopic (exact) mass is 388 g/mol. The van der Waals surface area contributed by atoms with Gasteiger partial charge in [-0.25, -0.2) is 0 Å². The third-order valence-corrected chi connectivity index (χ3v) is 3.79. The van der Waals surface area contributed by atoms with Crippen LogP contribution in [0.5, 0.6) is 5.75 Å². The average Bonchev–Trinajstić information content (AvgIpc) is 2.46. The first-order valence-electron chi connectivity index (χ1n) is 6.68. The van der Waals surface area contributed by atoms with Gasteiger partial charge in [-0.2, -0.15) is 26.3 Å². The number of halogens is 6. The smallest absolute Gasteiger partial charge is 0.623 e. The van der Waals surface area contributed by atoms with E-state index in [0.29, 0.717) is 11.0 Å². The van der Waals surface area contributed by atoms with E-state index in [1.165, 1.54) is 0 Å². The van der Waals surface area contributed by atoms with Crippen LogP contribution in [0.25, 0.3) is 10.9 Å². The number of rotatable bonds is 1. The summed E-state index contributed by atoms with van der Waals surface area (Å²) in [5.41, 5.74) is -2.97. The molecule has 1 aliphatic rings. The van der Waals surface area contributed by atoms with Crippen molar-refractivity contribution < 1.29 is 49.9 Å². The van der Waals surface area contributed by atoms with Gasteiger partial charge in [-0.1, -0.05) is 12.2 Å². The molecule has 0 unspecified atom stereocenters. The summed E-state index contributed by atoms with van der Waals surface area (Å²) in [5.74, 6) is -0.128. The van der Waals surface area contributed by atoms with Gasteiger partial charge >= 0.3 is 31.2 Å². The van der Waals surface area contributed by atoms with Crippen LogP contribution >= 0.6 is 12.2 Å². The molecule has 134 valence electrons. The predicted molar refractivity (Wildman–Crippen MR) is 80.0 cm³/mol. The molecule has 1 aromatic carbocycles. The van der Waals surface area contributed by atoms with Gasteiger partial charge in [0.1, 0.15) is 23.9 Å². The van der Waals surface area contributed by atoms with Crippen LogP contribution in [-0.2, 0) is 6.18 Å². The summed E-state index contributed by atoms with van der Waals surface area (Å²) in [6, 6.07) is 2.16. The van der Waals surface area contributed by atoms with E-state index in [-0.39, 0.29) is 47.4 Å². The zero-order chi connectivity index (χ0) is 18.6. The van der Waals surface area contributed by atoms with Crippen LogP contribution in [0.3, 0.4) is 0 Å². The number of fused-ring (bicyclic) bond motifs is 2. The molecule has 0 saturated heterocycles. The molecule has 1 aromatic heterocycles. The van der Waals surface area contributed by atoms with Gasteiger partial charge in [0, 0.05) is 0 Å². The largest absolute Gasteiger partial charge is 1.00 e. The number of ether oxygens (including phenoxy) is 1. The van der Waals surface area contributed by atoms with Crippen LogP contribution in [-0.4, -0.2) is 24.3 Å². The van der Waals surface area contributed by atoms with Crippen LogP contribution in [0.15, 0.2) is 23.0 Å². The summed E-state index contributed by atoms with van der Waals surface area (Å²) in [4.78, 5) is 15.3. The first-order chi connectivity index (χ1) is 11.5. The molecule has 0 spiro atoms. The first kappa shape index (κ1) is 20.6. The Morgan fingerprint density at radius 3 is 2.38 bits per heavy atom. The first-order valence-corrected chi connectivity index (χ1v) is 7.09. The minimum atomic E-state index is -4.88. The Labute approximate surface area is 159 Å². The normalized spacial score (nSPS) is 14.7. The number of benzene rings is 1. The third kappa shape index (κ3) is 4.00. The molecule has 12 heteroatoms. The van der Waals surface area contributed by atoms with Gasteiger partial charge in [-0.15, -0.1) is 5.52 Å². The topological polar surface area (TPSA) is 43.6 Å². The number of hydrogen-bond acceptors (Lipinski definition) is 3. The number of hydrogen-bond donors (Lipinski definition) is 0. The fraction of sp³-hybridized carbons (Fsp3) is 0.286. The summed E-state index contributed by atoms with van der Waals surface area (Å²) in [6.07, 6.45) is -9.50. The Bertz CT molecular complexity index is 925. The van der Waals surface area contributed by atoms with Gasteiger partial charge in [-0.3, -0.25) is 0 Å².